The maximum atomic E-state index is 12.8. The van der Waals surface area contributed by atoms with Crippen LogP contribution in [-0.2, 0) is 9.53 Å². The fourth-order valence-electron chi connectivity index (χ4n) is 2.93. The molecule has 1 aliphatic rings. The summed E-state index contributed by atoms with van der Waals surface area (Å²) in [6.07, 6.45) is 2.48. The average Bonchev–Trinajstić information content (AvgIpc) is 2.74. The van der Waals surface area contributed by atoms with Crippen molar-refractivity contribution in [2.24, 2.45) is 0 Å². The molecule has 1 fully saturated rings. The second kappa shape index (κ2) is 8.26. The van der Waals surface area contributed by atoms with Crippen LogP contribution in [0.1, 0.15) is 25.7 Å². The van der Waals surface area contributed by atoms with Crippen LogP contribution < -0.4 is 4.74 Å². The Morgan fingerprint density at radius 2 is 1.96 bits per heavy atom. The van der Waals surface area contributed by atoms with Gasteiger partial charge in [-0.05, 0) is 37.1 Å². The number of likely N-dealkylation sites (N-methyl/N-ethyl adjacent to an activating group) is 1. The number of hydrogen-bond acceptors (Lipinski definition) is 4. The van der Waals surface area contributed by atoms with E-state index in [1.165, 1.54) is 29.2 Å². The number of aliphatic hydroxyl groups is 1. The quantitative estimate of drug-likeness (QED) is 0.841. The number of hydrogen-bond donors (Lipinski definition) is 1. The molecule has 3 atom stereocenters. The zero-order chi connectivity index (χ0) is 16.8. The third-order valence-corrected chi connectivity index (χ3v) is 4.38. The molecule has 0 saturated heterocycles. The van der Waals surface area contributed by atoms with E-state index in [-0.39, 0.29) is 30.5 Å². The van der Waals surface area contributed by atoms with Gasteiger partial charge >= 0.3 is 0 Å². The van der Waals surface area contributed by atoms with Crippen LogP contribution >= 0.6 is 0 Å². The summed E-state index contributed by atoms with van der Waals surface area (Å²) in [5, 5.41) is 10.4. The van der Waals surface area contributed by atoms with E-state index in [9.17, 15) is 14.3 Å². The molecule has 2 rings (SSSR count). The van der Waals surface area contributed by atoms with E-state index in [1.54, 1.807) is 14.2 Å². The number of aliphatic hydroxyl groups excluding tert-OH is 1. The SMILES string of the molecule is CO[C@@H]1CCCC[C@@H](N(C)C(=O)COc2ccc(F)cc2)[C@H]1O. The number of methoxy groups -OCH3 is 1. The van der Waals surface area contributed by atoms with Gasteiger partial charge < -0.3 is 19.5 Å². The van der Waals surface area contributed by atoms with Gasteiger partial charge in [0.15, 0.2) is 6.61 Å². The van der Waals surface area contributed by atoms with Crippen LogP contribution in [0.4, 0.5) is 4.39 Å². The number of nitrogens with zero attached hydrogens (tertiary/aromatic N) is 1. The zero-order valence-electron chi connectivity index (χ0n) is 13.6. The number of halogens is 1. The highest BCUT2D eigenvalue weighted by molar-refractivity contribution is 5.77. The van der Waals surface area contributed by atoms with E-state index in [4.69, 9.17) is 9.47 Å². The molecule has 0 unspecified atom stereocenters. The molecule has 0 bridgehead atoms. The smallest absolute Gasteiger partial charge is 0.260 e. The number of ether oxygens (including phenoxy) is 2. The second-order valence-electron chi connectivity index (χ2n) is 5.86. The first-order valence-electron chi connectivity index (χ1n) is 7.88. The monoisotopic (exact) mass is 325 g/mol. The first kappa shape index (κ1) is 17.7. The Balaban J connectivity index is 1.93. The lowest BCUT2D eigenvalue weighted by Gasteiger charge is -2.33. The first-order valence-corrected chi connectivity index (χ1v) is 7.88. The molecule has 23 heavy (non-hydrogen) atoms. The lowest BCUT2D eigenvalue weighted by atomic mass is 10.0. The van der Waals surface area contributed by atoms with Crippen LogP contribution in [0.3, 0.4) is 0 Å². The number of benzene rings is 1. The van der Waals surface area contributed by atoms with Gasteiger partial charge in [0.2, 0.25) is 0 Å². The van der Waals surface area contributed by atoms with Crippen molar-refractivity contribution in [3.63, 3.8) is 0 Å². The highest BCUT2D eigenvalue weighted by Gasteiger charge is 2.34. The summed E-state index contributed by atoms with van der Waals surface area (Å²) in [7, 11) is 3.25. The molecule has 1 aromatic carbocycles. The highest BCUT2D eigenvalue weighted by Crippen LogP contribution is 2.24. The van der Waals surface area contributed by atoms with E-state index in [0.29, 0.717) is 5.75 Å². The largest absolute Gasteiger partial charge is 0.484 e. The molecule has 0 heterocycles. The third-order valence-electron chi connectivity index (χ3n) is 4.38. The number of carbonyl (C=O) groups excluding carboxylic acids is 1. The summed E-state index contributed by atoms with van der Waals surface area (Å²) in [5.41, 5.74) is 0. The van der Waals surface area contributed by atoms with Gasteiger partial charge in [-0.25, -0.2) is 4.39 Å². The van der Waals surface area contributed by atoms with Crippen molar-refractivity contribution in [1.29, 1.82) is 0 Å². The van der Waals surface area contributed by atoms with E-state index < -0.39 is 6.10 Å². The first-order chi connectivity index (χ1) is 11.0. The van der Waals surface area contributed by atoms with E-state index in [2.05, 4.69) is 0 Å². The predicted octanol–water partition coefficient (Wildman–Crippen LogP) is 1.98. The fraction of sp³-hybridized carbons (Fsp3) is 0.588. The molecule has 1 N–H and O–H groups in total. The molecule has 1 amide bonds. The minimum Gasteiger partial charge on any atom is -0.484 e. The molecule has 1 saturated carbocycles. The van der Waals surface area contributed by atoms with E-state index in [1.807, 2.05) is 0 Å². The molecule has 1 aliphatic carbocycles. The van der Waals surface area contributed by atoms with Crippen LogP contribution in [0.5, 0.6) is 5.75 Å². The maximum Gasteiger partial charge on any atom is 0.260 e. The molecule has 0 spiro atoms. The third kappa shape index (κ3) is 4.65. The summed E-state index contributed by atoms with van der Waals surface area (Å²) in [5.74, 6) is -0.146. The predicted molar refractivity (Wildman–Crippen MR) is 83.7 cm³/mol. The van der Waals surface area contributed by atoms with Crippen LogP contribution in [0, 0.1) is 5.82 Å². The topological polar surface area (TPSA) is 59.0 Å². The van der Waals surface area contributed by atoms with Crippen molar-refractivity contribution >= 4 is 5.91 Å². The average molecular weight is 325 g/mol. The standard InChI is InChI=1S/C17H24FNO4/c1-19(14-5-3-4-6-15(22-2)17(14)21)16(20)11-23-13-9-7-12(18)8-10-13/h7-10,14-15,17,21H,3-6,11H2,1-2H3/t14-,15-,17-/m1/s1. The molecular weight excluding hydrogens is 301 g/mol. The molecule has 0 radical (unpaired) electrons. The van der Waals surface area contributed by atoms with E-state index >= 15 is 0 Å². The Morgan fingerprint density at radius 3 is 2.61 bits per heavy atom. The van der Waals surface area contributed by atoms with Crippen molar-refractivity contribution in [3.05, 3.63) is 30.1 Å². The Hall–Kier alpha value is -1.66. The minimum absolute atomic E-state index is 0.150. The van der Waals surface area contributed by atoms with E-state index in [0.717, 1.165) is 25.7 Å². The van der Waals surface area contributed by atoms with Crippen LogP contribution in [0.15, 0.2) is 24.3 Å². The molecule has 5 nitrogen and oxygen atoms in total. The van der Waals surface area contributed by atoms with Gasteiger partial charge in [-0.15, -0.1) is 0 Å². The van der Waals surface area contributed by atoms with Crippen molar-refractivity contribution < 1.29 is 23.8 Å². The van der Waals surface area contributed by atoms with Crippen molar-refractivity contribution in [3.8, 4) is 5.75 Å². The van der Waals surface area contributed by atoms with Gasteiger partial charge in [-0.1, -0.05) is 12.8 Å². The van der Waals surface area contributed by atoms with Crippen molar-refractivity contribution in [2.75, 3.05) is 20.8 Å². The van der Waals surface area contributed by atoms with Crippen LogP contribution in [0.2, 0.25) is 0 Å². The van der Waals surface area contributed by atoms with Crippen LogP contribution in [-0.4, -0.2) is 54.9 Å². The Morgan fingerprint density at radius 1 is 1.30 bits per heavy atom. The van der Waals surface area contributed by atoms with Crippen LogP contribution in [0.25, 0.3) is 0 Å². The Labute approximate surface area is 136 Å². The molecule has 0 aliphatic heterocycles. The number of rotatable bonds is 5. The number of amides is 1. The summed E-state index contributed by atoms with van der Waals surface area (Å²) in [6, 6.07) is 5.23. The van der Waals surface area contributed by atoms with Gasteiger partial charge in [0.05, 0.1) is 12.1 Å². The molecule has 6 heteroatoms. The fourth-order valence-corrected chi connectivity index (χ4v) is 2.93. The molecule has 0 aromatic heterocycles. The highest BCUT2D eigenvalue weighted by atomic mass is 19.1. The Kier molecular flexibility index (Phi) is 6.36. The van der Waals surface area contributed by atoms with Crippen molar-refractivity contribution in [1.82, 2.24) is 4.90 Å². The summed E-state index contributed by atoms with van der Waals surface area (Å²) >= 11 is 0. The molecule has 1 aromatic rings. The lowest BCUT2D eigenvalue weighted by molar-refractivity contribution is -0.139. The lowest BCUT2D eigenvalue weighted by Crippen LogP contribution is -2.50. The normalized spacial score (nSPS) is 24.8. The van der Waals surface area contributed by atoms with Gasteiger partial charge in [-0.3, -0.25) is 4.79 Å². The van der Waals surface area contributed by atoms with Gasteiger partial charge in [0, 0.05) is 14.2 Å². The van der Waals surface area contributed by atoms with Gasteiger partial charge in [0.1, 0.15) is 17.7 Å². The zero-order valence-corrected chi connectivity index (χ0v) is 13.6. The molecule has 128 valence electrons. The van der Waals surface area contributed by atoms with Gasteiger partial charge in [0.25, 0.3) is 5.91 Å². The minimum atomic E-state index is -0.706. The van der Waals surface area contributed by atoms with Gasteiger partial charge in [-0.2, -0.15) is 0 Å². The summed E-state index contributed by atoms with van der Waals surface area (Å²) in [4.78, 5) is 13.8. The second-order valence-corrected chi connectivity index (χ2v) is 5.86. The van der Waals surface area contributed by atoms with Crippen molar-refractivity contribution in [2.45, 2.75) is 43.9 Å². The maximum absolute atomic E-state index is 12.8. The molecular formula is C17H24FNO4. The number of carbonyl (C=O) groups is 1. The summed E-state index contributed by atoms with van der Waals surface area (Å²) < 4.78 is 23.6. The summed E-state index contributed by atoms with van der Waals surface area (Å²) in [6.45, 7) is -0.150. The Bertz CT molecular complexity index is 508.